The summed E-state index contributed by atoms with van der Waals surface area (Å²) in [6.07, 6.45) is 4.74. The van der Waals surface area contributed by atoms with E-state index in [2.05, 4.69) is 10.3 Å². The fraction of sp³-hybridized carbons (Fsp3) is 0.333. The first kappa shape index (κ1) is 11.9. The van der Waals surface area contributed by atoms with Crippen LogP contribution in [0.1, 0.15) is 27.5 Å². The summed E-state index contributed by atoms with van der Waals surface area (Å²) in [4.78, 5) is 15.9. The van der Waals surface area contributed by atoms with Crippen molar-refractivity contribution in [1.29, 1.82) is 0 Å². The van der Waals surface area contributed by atoms with Crippen LogP contribution in [0.2, 0.25) is 0 Å². The molecule has 2 rings (SSSR count). The number of furan rings is 1. The van der Waals surface area contributed by atoms with Crippen LogP contribution in [-0.4, -0.2) is 17.4 Å². The fourth-order valence-corrected chi connectivity index (χ4v) is 2.27. The van der Waals surface area contributed by atoms with Crippen molar-refractivity contribution in [3.05, 3.63) is 40.2 Å². The smallest absolute Gasteiger partial charge is 0.254 e. The average Bonchev–Trinajstić information content (AvgIpc) is 2.95. The number of rotatable bonds is 5. The highest BCUT2D eigenvalue weighted by molar-refractivity contribution is 7.09. The van der Waals surface area contributed by atoms with Gasteiger partial charge in [0.2, 0.25) is 0 Å². The van der Waals surface area contributed by atoms with Crippen LogP contribution in [0.4, 0.5) is 0 Å². The standard InChI is InChI=1S/C12H14N2O2S/c1-9-8-17-11(14-9)3-2-5-13-12(15)10-4-6-16-7-10/h4,6-8H,2-3,5H2,1H3,(H,13,15). The van der Waals surface area contributed by atoms with Crippen LogP contribution in [-0.2, 0) is 6.42 Å². The molecular formula is C12H14N2O2S. The van der Waals surface area contributed by atoms with E-state index >= 15 is 0 Å². The van der Waals surface area contributed by atoms with Crippen LogP contribution in [0.15, 0.2) is 28.4 Å². The predicted molar refractivity (Wildman–Crippen MR) is 66.2 cm³/mol. The monoisotopic (exact) mass is 250 g/mol. The van der Waals surface area contributed by atoms with Crippen molar-refractivity contribution in [3.8, 4) is 0 Å². The molecule has 0 unspecified atom stereocenters. The number of aromatic nitrogens is 1. The number of amides is 1. The lowest BCUT2D eigenvalue weighted by Gasteiger charge is -2.01. The number of nitrogens with one attached hydrogen (secondary N) is 1. The Hall–Kier alpha value is -1.62. The second-order valence-corrected chi connectivity index (χ2v) is 4.70. The molecule has 0 aliphatic heterocycles. The van der Waals surface area contributed by atoms with E-state index in [9.17, 15) is 4.79 Å². The molecule has 2 aromatic rings. The highest BCUT2D eigenvalue weighted by Gasteiger charge is 2.05. The van der Waals surface area contributed by atoms with Gasteiger partial charge in [0.15, 0.2) is 0 Å². The van der Waals surface area contributed by atoms with Gasteiger partial charge in [-0.25, -0.2) is 4.98 Å². The molecule has 0 spiro atoms. The molecule has 0 radical (unpaired) electrons. The number of nitrogens with zero attached hydrogens (tertiary/aromatic N) is 1. The van der Waals surface area contributed by atoms with Gasteiger partial charge in [-0.05, 0) is 19.4 Å². The minimum atomic E-state index is -0.0888. The fourth-order valence-electron chi connectivity index (χ4n) is 1.45. The molecule has 0 bridgehead atoms. The first-order chi connectivity index (χ1) is 8.25. The molecule has 0 atom stereocenters. The van der Waals surface area contributed by atoms with Gasteiger partial charge in [-0.1, -0.05) is 0 Å². The average molecular weight is 250 g/mol. The van der Waals surface area contributed by atoms with E-state index in [1.165, 1.54) is 12.5 Å². The molecule has 0 aliphatic rings. The molecule has 0 saturated heterocycles. The largest absolute Gasteiger partial charge is 0.472 e. The zero-order chi connectivity index (χ0) is 12.1. The number of hydrogen-bond donors (Lipinski definition) is 1. The van der Waals surface area contributed by atoms with Gasteiger partial charge in [0, 0.05) is 24.0 Å². The topological polar surface area (TPSA) is 55.1 Å². The molecule has 0 saturated carbocycles. The van der Waals surface area contributed by atoms with Crippen molar-refractivity contribution in [2.45, 2.75) is 19.8 Å². The van der Waals surface area contributed by atoms with Gasteiger partial charge in [0.25, 0.3) is 5.91 Å². The van der Waals surface area contributed by atoms with Crippen molar-refractivity contribution < 1.29 is 9.21 Å². The quantitative estimate of drug-likeness (QED) is 0.829. The molecule has 1 N–H and O–H groups in total. The molecule has 0 fully saturated rings. The molecule has 1 amide bonds. The van der Waals surface area contributed by atoms with Crippen LogP contribution in [0.25, 0.3) is 0 Å². The van der Waals surface area contributed by atoms with Gasteiger partial charge < -0.3 is 9.73 Å². The SMILES string of the molecule is Cc1csc(CCCNC(=O)c2ccoc2)n1. The minimum Gasteiger partial charge on any atom is -0.472 e. The van der Waals surface area contributed by atoms with E-state index in [1.807, 2.05) is 12.3 Å². The maximum atomic E-state index is 11.5. The molecule has 0 aliphatic carbocycles. The van der Waals surface area contributed by atoms with Crippen LogP contribution < -0.4 is 5.32 Å². The molecule has 2 aromatic heterocycles. The third-order valence-corrected chi connectivity index (χ3v) is 3.33. The Morgan fingerprint density at radius 1 is 1.59 bits per heavy atom. The zero-order valence-electron chi connectivity index (χ0n) is 9.60. The number of hydrogen-bond acceptors (Lipinski definition) is 4. The Morgan fingerprint density at radius 2 is 2.47 bits per heavy atom. The number of thiazole rings is 1. The Labute approximate surface area is 104 Å². The van der Waals surface area contributed by atoms with E-state index in [4.69, 9.17) is 4.42 Å². The van der Waals surface area contributed by atoms with E-state index in [-0.39, 0.29) is 5.91 Å². The van der Waals surface area contributed by atoms with E-state index < -0.39 is 0 Å². The summed E-state index contributed by atoms with van der Waals surface area (Å²) in [5, 5.41) is 6.01. The van der Waals surface area contributed by atoms with Crippen molar-refractivity contribution in [2.24, 2.45) is 0 Å². The van der Waals surface area contributed by atoms with Crippen LogP contribution in [0, 0.1) is 6.92 Å². The lowest BCUT2D eigenvalue weighted by Crippen LogP contribution is -2.24. The summed E-state index contributed by atoms with van der Waals surface area (Å²) >= 11 is 1.67. The maximum absolute atomic E-state index is 11.5. The maximum Gasteiger partial charge on any atom is 0.254 e. The number of carbonyl (C=O) groups is 1. The lowest BCUT2D eigenvalue weighted by atomic mass is 10.3. The van der Waals surface area contributed by atoms with Crippen LogP contribution in [0.5, 0.6) is 0 Å². The third kappa shape index (κ3) is 3.42. The van der Waals surface area contributed by atoms with Crippen molar-refractivity contribution in [1.82, 2.24) is 10.3 Å². The van der Waals surface area contributed by atoms with Crippen LogP contribution >= 0.6 is 11.3 Å². The van der Waals surface area contributed by atoms with Gasteiger partial charge in [-0.15, -0.1) is 11.3 Å². The summed E-state index contributed by atoms with van der Waals surface area (Å²) in [6, 6.07) is 1.65. The number of carbonyl (C=O) groups excluding carboxylic acids is 1. The van der Waals surface area contributed by atoms with Gasteiger partial charge >= 0.3 is 0 Å². The summed E-state index contributed by atoms with van der Waals surface area (Å²) < 4.78 is 4.84. The summed E-state index contributed by atoms with van der Waals surface area (Å²) in [6.45, 7) is 2.64. The van der Waals surface area contributed by atoms with Gasteiger partial charge in [0.05, 0.1) is 16.8 Å². The van der Waals surface area contributed by atoms with Gasteiger partial charge in [-0.3, -0.25) is 4.79 Å². The van der Waals surface area contributed by atoms with Crippen LogP contribution in [0.3, 0.4) is 0 Å². The van der Waals surface area contributed by atoms with Crippen molar-refractivity contribution >= 4 is 17.2 Å². The Bertz CT molecular complexity index is 476. The summed E-state index contributed by atoms with van der Waals surface area (Å²) in [5.41, 5.74) is 1.63. The van der Waals surface area contributed by atoms with Gasteiger partial charge in [-0.2, -0.15) is 0 Å². The zero-order valence-corrected chi connectivity index (χ0v) is 10.4. The number of aryl methyl sites for hydroxylation is 2. The normalized spacial score (nSPS) is 10.4. The van der Waals surface area contributed by atoms with Crippen molar-refractivity contribution in [3.63, 3.8) is 0 Å². The Morgan fingerprint density at radius 3 is 3.12 bits per heavy atom. The predicted octanol–water partition coefficient (Wildman–Crippen LogP) is 2.41. The van der Waals surface area contributed by atoms with Crippen molar-refractivity contribution in [2.75, 3.05) is 6.54 Å². The molecule has 4 nitrogen and oxygen atoms in total. The molecular weight excluding hydrogens is 236 g/mol. The molecule has 5 heteroatoms. The Balaban J connectivity index is 1.68. The lowest BCUT2D eigenvalue weighted by molar-refractivity contribution is 0.0952. The third-order valence-electron chi connectivity index (χ3n) is 2.30. The molecule has 90 valence electrons. The molecule has 17 heavy (non-hydrogen) atoms. The second-order valence-electron chi connectivity index (χ2n) is 3.75. The van der Waals surface area contributed by atoms with E-state index in [0.717, 1.165) is 23.5 Å². The summed E-state index contributed by atoms with van der Waals surface area (Å²) in [7, 11) is 0. The summed E-state index contributed by atoms with van der Waals surface area (Å²) in [5.74, 6) is -0.0888. The molecule has 0 aromatic carbocycles. The first-order valence-electron chi connectivity index (χ1n) is 5.47. The molecule has 2 heterocycles. The highest BCUT2D eigenvalue weighted by atomic mass is 32.1. The van der Waals surface area contributed by atoms with E-state index in [0.29, 0.717) is 12.1 Å². The first-order valence-corrected chi connectivity index (χ1v) is 6.35. The second kappa shape index (κ2) is 5.63. The minimum absolute atomic E-state index is 0.0888. The highest BCUT2D eigenvalue weighted by Crippen LogP contribution is 2.10. The Kier molecular flexibility index (Phi) is 3.93. The van der Waals surface area contributed by atoms with Gasteiger partial charge in [0.1, 0.15) is 6.26 Å². The van der Waals surface area contributed by atoms with E-state index in [1.54, 1.807) is 17.4 Å².